The first-order valence-electron chi connectivity index (χ1n) is 17.7. The molecule has 53 heavy (non-hydrogen) atoms. The molecule has 0 unspecified atom stereocenters. The molecule has 5 heterocycles. The molecule has 0 atom stereocenters. The minimum Gasteiger partial charge on any atom is -0.508 e. The van der Waals surface area contributed by atoms with Crippen molar-refractivity contribution in [2.45, 2.75) is 44.3 Å². The van der Waals surface area contributed by atoms with Crippen LogP contribution < -0.4 is 16.6 Å². The number of nitrogens with zero attached hydrogens (tertiary/aromatic N) is 7. The molecule has 0 spiro atoms. The number of phenolic OH excluding ortho intramolecular Hbond substituents is 1. The van der Waals surface area contributed by atoms with E-state index in [9.17, 15) is 28.3 Å². The van der Waals surface area contributed by atoms with Crippen molar-refractivity contribution >= 4 is 22.6 Å². The molecule has 1 aliphatic carbocycles. The number of piperazine rings is 1. The van der Waals surface area contributed by atoms with Gasteiger partial charge in [-0.15, -0.1) is 0 Å². The first kappa shape index (κ1) is 34.4. The molecule has 1 saturated heterocycles. The van der Waals surface area contributed by atoms with Gasteiger partial charge in [0.15, 0.2) is 5.65 Å². The molecule has 4 aromatic heterocycles. The lowest BCUT2D eigenvalue weighted by Crippen LogP contribution is -2.45. The van der Waals surface area contributed by atoms with Crippen LogP contribution in [0.25, 0.3) is 33.5 Å². The molecular formula is C39H38F2N8O4. The Morgan fingerprint density at radius 2 is 1.72 bits per heavy atom. The number of aromatic nitrogens is 5. The average molecular weight is 721 g/mol. The van der Waals surface area contributed by atoms with Gasteiger partial charge in [-0.2, -0.15) is 0 Å². The first-order valence-corrected chi connectivity index (χ1v) is 17.7. The molecule has 2 N–H and O–H groups in total. The smallest absolute Gasteiger partial charge is 0.337 e. The van der Waals surface area contributed by atoms with Crippen molar-refractivity contribution in [2.24, 2.45) is 0 Å². The van der Waals surface area contributed by atoms with E-state index in [1.54, 1.807) is 18.2 Å². The van der Waals surface area contributed by atoms with Crippen molar-refractivity contribution in [3.63, 3.8) is 0 Å². The quantitative estimate of drug-likeness (QED) is 0.247. The van der Waals surface area contributed by atoms with Crippen molar-refractivity contribution in [3.05, 3.63) is 123 Å². The summed E-state index contributed by atoms with van der Waals surface area (Å²) in [4.78, 5) is 54.5. The first-order chi connectivity index (χ1) is 25.6. The fourth-order valence-corrected chi connectivity index (χ4v) is 7.60. The van der Waals surface area contributed by atoms with Crippen LogP contribution in [0.5, 0.6) is 5.75 Å². The number of hydrogen-bond donors (Lipinski definition) is 2. The van der Waals surface area contributed by atoms with E-state index in [0.717, 1.165) is 55.1 Å². The Hall–Kier alpha value is -5.73. The van der Waals surface area contributed by atoms with Crippen LogP contribution in [0, 0.1) is 11.6 Å². The number of fused-ring (bicyclic) bond motifs is 2. The molecule has 1 aliphatic heterocycles. The second kappa shape index (κ2) is 14.0. The SMILES string of the molecule is CN1CCN(Cc2cc(O)ccc2-c2cccc(-n3c(=O)n([C@H]4CC[C@@H](NC(=O)c5cn6cc(F)ccc6n5)CC4)c(=O)c4cc(F)cnc43)c2)CC1. The van der Waals surface area contributed by atoms with Gasteiger partial charge in [0.1, 0.15) is 28.7 Å². The molecule has 1 amide bonds. The van der Waals surface area contributed by atoms with E-state index in [2.05, 4.69) is 32.1 Å². The van der Waals surface area contributed by atoms with Gasteiger partial charge in [0, 0.05) is 57.2 Å². The second-order valence-corrected chi connectivity index (χ2v) is 14.0. The summed E-state index contributed by atoms with van der Waals surface area (Å²) in [6.45, 7) is 4.33. The zero-order valence-corrected chi connectivity index (χ0v) is 29.1. The van der Waals surface area contributed by atoms with Crippen LogP contribution in [-0.4, -0.2) is 83.6 Å². The number of halogens is 2. The van der Waals surface area contributed by atoms with Gasteiger partial charge in [0.05, 0.1) is 17.3 Å². The highest BCUT2D eigenvalue weighted by molar-refractivity contribution is 5.93. The Morgan fingerprint density at radius 1 is 0.925 bits per heavy atom. The molecule has 2 aliphatic rings. The van der Waals surface area contributed by atoms with E-state index >= 15 is 0 Å². The zero-order chi connectivity index (χ0) is 36.8. The maximum absolute atomic E-state index is 14.6. The summed E-state index contributed by atoms with van der Waals surface area (Å²) in [5, 5.41) is 13.4. The topological polar surface area (TPSA) is 130 Å². The van der Waals surface area contributed by atoms with Crippen LogP contribution in [0.3, 0.4) is 0 Å². The van der Waals surface area contributed by atoms with Gasteiger partial charge >= 0.3 is 5.69 Å². The van der Waals surface area contributed by atoms with Crippen molar-refractivity contribution in [3.8, 4) is 22.6 Å². The molecule has 14 heteroatoms. The molecule has 6 aromatic rings. The third kappa shape index (κ3) is 6.82. The van der Waals surface area contributed by atoms with E-state index in [4.69, 9.17) is 0 Å². The van der Waals surface area contributed by atoms with Crippen molar-refractivity contribution in [1.82, 2.24) is 38.6 Å². The third-order valence-electron chi connectivity index (χ3n) is 10.4. The molecule has 0 bridgehead atoms. The summed E-state index contributed by atoms with van der Waals surface area (Å²) < 4.78 is 32.3. The molecule has 12 nitrogen and oxygen atoms in total. The van der Waals surface area contributed by atoms with E-state index in [0.29, 0.717) is 43.6 Å². The second-order valence-electron chi connectivity index (χ2n) is 14.0. The van der Waals surface area contributed by atoms with Crippen LogP contribution >= 0.6 is 0 Å². The van der Waals surface area contributed by atoms with Crippen molar-refractivity contribution in [2.75, 3.05) is 33.2 Å². The van der Waals surface area contributed by atoms with Gasteiger partial charge in [-0.25, -0.2) is 28.1 Å². The van der Waals surface area contributed by atoms with Gasteiger partial charge in [-0.3, -0.25) is 19.1 Å². The number of benzene rings is 2. The van der Waals surface area contributed by atoms with Crippen molar-refractivity contribution in [1.29, 1.82) is 0 Å². The number of nitrogens with one attached hydrogen (secondary N) is 1. The van der Waals surface area contributed by atoms with E-state index < -0.39 is 34.8 Å². The largest absolute Gasteiger partial charge is 0.508 e. The Labute approximate surface area is 302 Å². The third-order valence-corrected chi connectivity index (χ3v) is 10.4. The molecule has 2 fully saturated rings. The standard InChI is InChI=1S/C39H38F2N8O4/c1-45-13-15-46(16-14-45)21-25-18-31(50)10-11-32(25)24-3-2-4-30(17-24)48-36-33(19-27(41)20-42-36)38(52)49(39(48)53)29-8-6-28(7-9-29)43-37(51)34-23-47-22-26(40)5-12-35(47)44-34/h2-5,10-12,17-20,22-23,28-29,50H,6-9,13-16,21H2,1H3,(H,43,51)/t28-,29+. The number of phenols is 1. The summed E-state index contributed by atoms with van der Waals surface area (Å²) >= 11 is 0. The number of hydrogen-bond acceptors (Lipinski definition) is 8. The van der Waals surface area contributed by atoms with E-state index in [-0.39, 0.29) is 28.5 Å². The molecule has 8 rings (SSSR count). The minimum atomic E-state index is -0.696. The number of likely N-dealkylation sites (N-methyl/N-ethyl adjacent to an activating group) is 1. The molecule has 272 valence electrons. The number of amides is 1. The van der Waals surface area contributed by atoms with E-state index in [1.165, 1.54) is 38.1 Å². The van der Waals surface area contributed by atoms with Crippen LogP contribution in [0.15, 0.2) is 88.8 Å². The maximum Gasteiger partial charge on any atom is 0.337 e. The number of aromatic hydroxyl groups is 1. The Bertz CT molecular complexity index is 2480. The maximum atomic E-state index is 14.6. The summed E-state index contributed by atoms with van der Waals surface area (Å²) in [5.74, 6) is -1.38. The summed E-state index contributed by atoms with van der Waals surface area (Å²) in [7, 11) is 2.10. The van der Waals surface area contributed by atoms with Gasteiger partial charge in [0.2, 0.25) is 0 Å². The zero-order valence-electron chi connectivity index (χ0n) is 29.1. The summed E-state index contributed by atoms with van der Waals surface area (Å²) in [5.41, 5.74) is 2.52. The fourth-order valence-electron chi connectivity index (χ4n) is 7.60. The Balaban J connectivity index is 1.09. The van der Waals surface area contributed by atoms with Crippen LogP contribution in [0.1, 0.15) is 47.8 Å². The predicted octanol–water partition coefficient (Wildman–Crippen LogP) is 4.51. The predicted molar refractivity (Wildman–Crippen MR) is 195 cm³/mol. The minimum absolute atomic E-state index is 0.0193. The number of carbonyl (C=O) groups is 1. The van der Waals surface area contributed by atoms with E-state index in [1.807, 2.05) is 24.3 Å². The molecule has 2 aromatic carbocycles. The number of pyridine rings is 2. The number of imidazole rings is 1. The molecule has 1 saturated carbocycles. The van der Waals surface area contributed by atoms with Gasteiger partial charge < -0.3 is 19.7 Å². The number of rotatable bonds is 7. The summed E-state index contributed by atoms with van der Waals surface area (Å²) in [6.07, 6.45) is 5.49. The van der Waals surface area contributed by atoms with Gasteiger partial charge in [0.25, 0.3) is 11.5 Å². The van der Waals surface area contributed by atoms with Crippen LogP contribution in [0.2, 0.25) is 0 Å². The number of carbonyl (C=O) groups excluding carboxylic acids is 1. The van der Waals surface area contributed by atoms with Crippen LogP contribution in [-0.2, 0) is 6.54 Å². The van der Waals surface area contributed by atoms with Crippen LogP contribution in [0.4, 0.5) is 8.78 Å². The lowest BCUT2D eigenvalue weighted by atomic mass is 9.90. The van der Waals surface area contributed by atoms with Crippen molar-refractivity contribution < 1.29 is 18.7 Å². The lowest BCUT2D eigenvalue weighted by molar-refractivity contribution is 0.0917. The molecular weight excluding hydrogens is 682 g/mol. The average Bonchev–Trinajstić information content (AvgIpc) is 3.57. The highest BCUT2D eigenvalue weighted by Gasteiger charge is 2.29. The fraction of sp³-hybridized carbons (Fsp3) is 0.308. The monoisotopic (exact) mass is 720 g/mol. The van der Waals surface area contributed by atoms with Gasteiger partial charge in [-0.05, 0) is 91.9 Å². The molecule has 0 radical (unpaired) electrons. The van der Waals surface area contributed by atoms with Gasteiger partial charge in [-0.1, -0.05) is 18.2 Å². The summed E-state index contributed by atoms with van der Waals surface area (Å²) in [6, 6.07) is 15.8. The Kier molecular flexibility index (Phi) is 9.08. The highest BCUT2D eigenvalue weighted by Crippen LogP contribution is 2.31. The normalized spacial score (nSPS) is 18.5. The Morgan fingerprint density at radius 3 is 2.51 bits per heavy atom. The highest BCUT2D eigenvalue weighted by atomic mass is 19.1. The lowest BCUT2D eigenvalue weighted by Gasteiger charge is -2.32.